The van der Waals surface area contributed by atoms with Gasteiger partial charge >= 0.3 is 0 Å². The van der Waals surface area contributed by atoms with Crippen LogP contribution in [-0.4, -0.2) is 26.5 Å². The number of hydrogen-bond donors (Lipinski definition) is 1. The van der Waals surface area contributed by atoms with Crippen molar-refractivity contribution in [2.45, 2.75) is 20.4 Å². The average molecular weight is 293 g/mol. The van der Waals surface area contributed by atoms with Gasteiger partial charge < -0.3 is 5.11 Å². The van der Waals surface area contributed by atoms with Crippen molar-refractivity contribution in [3.63, 3.8) is 0 Å². The molecule has 2 aromatic heterocycles. The maximum Gasteiger partial charge on any atom is 0.100 e. The minimum absolute atomic E-state index is 0.0731. The number of aliphatic hydroxyl groups is 1. The van der Waals surface area contributed by atoms with Crippen molar-refractivity contribution in [3.8, 4) is 22.4 Å². The predicted octanol–water partition coefficient (Wildman–Crippen LogP) is 3.22. The summed E-state index contributed by atoms with van der Waals surface area (Å²) in [6.45, 7) is 4.68. The Balaban J connectivity index is 2.18. The summed E-state index contributed by atoms with van der Waals surface area (Å²) < 4.78 is 1.80. The Hall–Kier alpha value is -2.46. The van der Waals surface area contributed by atoms with Gasteiger partial charge in [-0.1, -0.05) is 29.8 Å². The molecular formula is C18H19N3O. The number of benzene rings is 1. The minimum atomic E-state index is 0.0731. The highest BCUT2D eigenvalue weighted by Crippen LogP contribution is 2.32. The average Bonchev–Trinajstić information content (AvgIpc) is 2.92. The third-order valence-electron chi connectivity index (χ3n) is 3.70. The summed E-state index contributed by atoms with van der Waals surface area (Å²) in [7, 11) is 0. The van der Waals surface area contributed by atoms with Gasteiger partial charge in [-0.25, -0.2) is 0 Å². The monoisotopic (exact) mass is 293 g/mol. The van der Waals surface area contributed by atoms with Gasteiger partial charge in [0.05, 0.1) is 13.2 Å². The van der Waals surface area contributed by atoms with E-state index < -0.39 is 0 Å². The molecule has 0 aliphatic heterocycles. The molecule has 0 aliphatic rings. The van der Waals surface area contributed by atoms with Crippen LogP contribution < -0.4 is 0 Å². The second kappa shape index (κ2) is 6.12. The standard InChI is InChI=1S/C18H19N3O/c1-13-4-3-5-15(10-13)17-12-21(8-9-22)20-18(17)16-6-7-19-11-14(16)2/h3-7,10-12,22H,8-9H2,1-2H3. The summed E-state index contributed by atoms with van der Waals surface area (Å²) in [6, 6.07) is 10.4. The van der Waals surface area contributed by atoms with Crippen LogP contribution in [0.5, 0.6) is 0 Å². The molecule has 0 radical (unpaired) electrons. The van der Waals surface area contributed by atoms with Crippen molar-refractivity contribution in [2.24, 2.45) is 0 Å². The number of aromatic nitrogens is 3. The van der Waals surface area contributed by atoms with Crippen molar-refractivity contribution in [1.29, 1.82) is 0 Å². The fraction of sp³-hybridized carbons (Fsp3) is 0.222. The minimum Gasteiger partial charge on any atom is -0.394 e. The number of nitrogens with zero attached hydrogens (tertiary/aromatic N) is 3. The van der Waals surface area contributed by atoms with Gasteiger partial charge in [-0.05, 0) is 31.0 Å². The van der Waals surface area contributed by atoms with E-state index in [4.69, 9.17) is 0 Å². The Kier molecular flexibility index (Phi) is 4.02. The second-order valence-corrected chi connectivity index (χ2v) is 5.44. The first-order valence-electron chi connectivity index (χ1n) is 7.35. The van der Waals surface area contributed by atoms with E-state index in [-0.39, 0.29) is 6.61 Å². The molecule has 1 aromatic carbocycles. The molecule has 0 spiro atoms. The molecule has 0 saturated carbocycles. The van der Waals surface area contributed by atoms with Crippen LogP contribution in [0.2, 0.25) is 0 Å². The Bertz CT molecular complexity index is 793. The molecule has 2 heterocycles. The quantitative estimate of drug-likeness (QED) is 0.803. The third kappa shape index (κ3) is 2.78. The first-order chi connectivity index (χ1) is 10.7. The molecule has 22 heavy (non-hydrogen) atoms. The van der Waals surface area contributed by atoms with Crippen LogP contribution in [0.4, 0.5) is 0 Å². The van der Waals surface area contributed by atoms with E-state index in [1.165, 1.54) is 5.56 Å². The van der Waals surface area contributed by atoms with E-state index in [1.807, 2.05) is 25.4 Å². The van der Waals surface area contributed by atoms with E-state index in [0.29, 0.717) is 6.54 Å². The summed E-state index contributed by atoms with van der Waals surface area (Å²) in [6.07, 6.45) is 5.63. The van der Waals surface area contributed by atoms with Crippen molar-refractivity contribution in [3.05, 3.63) is 60.0 Å². The molecular weight excluding hydrogens is 274 g/mol. The van der Waals surface area contributed by atoms with Gasteiger partial charge in [0, 0.05) is 29.7 Å². The van der Waals surface area contributed by atoms with Crippen LogP contribution in [0.25, 0.3) is 22.4 Å². The Morgan fingerprint density at radius 3 is 2.73 bits per heavy atom. The molecule has 3 rings (SSSR count). The molecule has 0 atom stereocenters. The first-order valence-corrected chi connectivity index (χ1v) is 7.35. The van der Waals surface area contributed by atoms with Crippen molar-refractivity contribution < 1.29 is 5.11 Å². The summed E-state index contributed by atoms with van der Waals surface area (Å²) >= 11 is 0. The van der Waals surface area contributed by atoms with Crippen LogP contribution >= 0.6 is 0 Å². The zero-order valence-corrected chi connectivity index (χ0v) is 12.8. The van der Waals surface area contributed by atoms with E-state index >= 15 is 0 Å². The van der Waals surface area contributed by atoms with E-state index in [9.17, 15) is 5.11 Å². The molecule has 0 bridgehead atoms. The molecule has 4 heteroatoms. The van der Waals surface area contributed by atoms with Gasteiger partial charge in [0.2, 0.25) is 0 Å². The molecule has 0 saturated heterocycles. The van der Waals surface area contributed by atoms with Gasteiger partial charge in [-0.2, -0.15) is 5.10 Å². The first kappa shape index (κ1) is 14.5. The van der Waals surface area contributed by atoms with Gasteiger partial charge in [-0.15, -0.1) is 0 Å². The topological polar surface area (TPSA) is 50.9 Å². The highest BCUT2D eigenvalue weighted by atomic mass is 16.3. The van der Waals surface area contributed by atoms with Gasteiger partial charge in [0.1, 0.15) is 5.69 Å². The van der Waals surface area contributed by atoms with Crippen molar-refractivity contribution >= 4 is 0 Å². The van der Waals surface area contributed by atoms with Crippen LogP contribution in [0, 0.1) is 13.8 Å². The van der Waals surface area contributed by atoms with Crippen LogP contribution in [-0.2, 0) is 6.54 Å². The summed E-state index contributed by atoms with van der Waals surface area (Å²) in [5.74, 6) is 0. The van der Waals surface area contributed by atoms with Gasteiger partial charge in [-0.3, -0.25) is 9.67 Å². The normalized spacial score (nSPS) is 10.9. The molecule has 4 nitrogen and oxygen atoms in total. The van der Waals surface area contributed by atoms with Crippen LogP contribution in [0.3, 0.4) is 0 Å². The fourth-order valence-corrected chi connectivity index (χ4v) is 2.60. The zero-order chi connectivity index (χ0) is 15.5. The number of aryl methyl sites for hydroxylation is 2. The SMILES string of the molecule is Cc1cccc(-c2cn(CCO)nc2-c2ccncc2C)c1. The molecule has 0 amide bonds. The largest absolute Gasteiger partial charge is 0.394 e. The summed E-state index contributed by atoms with van der Waals surface area (Å²) in [5, 5.41) is 13.9. The zero-order valence-electron chi connectivity index (χ0n) is 12.8. The van der Waals surface area contributed by atoms with E-state index in [2.05, 4.69) is 41.3 Å². The van der Waals surface area contributed by atoms with Gasteiger partial charge in [0.15, 0.2) is 0 Å². The number of rotatable bonds is 4. The van der Waals surface area contributed by atoms with E-state index in [0.717, 1.165) is 27.9 Å². The Labute approximate surface area is 130 Å². The Morgan fingerprint density at radius 2 is 2.00 bits per heavy atom. The molecule has 1 N–H and O–H groups in total. The molecule has 112 valence electrons. The van der Waals surface area contributed by atoms with Gasteiger partial charge in [0.25, 0.3) is 0 Å². The molecule has 3 aromatic rings. The molecule has 0 unspecified atom stereocenters. The number of pyridine rings is 1. The smallest absolute Gasteiger partial charge is 0.100 e. The highest BCUT2D eigenvalue weighted by Gasteiger charge is 2.14. The maximum absolute atomic E-state index is 9.19. The molecule has 0 fully saturated rings. The lowest BCUT2D eigenvalue weighted by molar-refractivity contribution is 0.269. The van der Waals surface area contributed by atoms with E-state index in [1.54, 1.807) is 10.9 Å². The van der Waals surface area contributed by atoms with Crippen molar-refractivity contribution in [2.75, 3.05) is 6.61 Å². The summed E-state index contributed by atoms with van der Waals surface area (Å²) in [4.78, 5) is 4.16. The lowest BCUT2D eigenvalue weighted by Crippen LogP contribution is -2.02. The van der Waals surface area contributed by atoms with Crippen LogP contribution in [0.1, 0.15) is 11.1 Å². The number of aliphatic hydroxyl groups excluding tert-OH is 1. The predicted molar refractivity (Wildman–Crippen MR) is 87.5 cm³/mol. The van der Waals surface area contributed by atoms with Crippen molar-refractivity contribution in [1.82, 2.24) is 14.8 Å². The molecule has 0 aliphatic carbocycles. The third-order valence-corrected chi connectivity index (χ3v) is 3.70. The fourth-order valence-electron chi connectivity index (χ4n) is 2.60. The maximum atomic E-state index is 9.19. The summed E-state index contributed by atoms with van der Waals surface area (Å²) in [5.41, 5.74) is 6.51. The highest BCUT2D eigenvalue weighted by molar-refractivity contribution is 5.81. The second-order valence-electron chi connectivity index (χ2n) is 5.44. The number of hydrogen-bond acceptors (Lipinski definition) is 3. The lowest BCUT2D eigenvalue weighted by atomic mass is 9.99. The van der Waals surface area contributed by atoms with Crippen LogP contribution in [0.15, 0.2) is 48.9 Å². The lowest BCUT2D eigenvalue weighted by Gasteiger charge is -2.06. The Morgan fingerprint density at radius 1 is 1.14 bits per heavy atom.